The average Bonchev–Trinajstić information content (AvgIpc) is 3.05. The smallest absolute Gasteiger partial charge is 0.217 e. The Morgan fingerprint density at radius 3 is 2.61 bits per heavy atom. The number of carbonyl (C=O) groups excluding carboxylic acids is 1. The molecule has 0 bridgehead atoms. The summed E-state index contributed by atoms with van der Waals surface area (Å²) in [6.45, 7) is 3.49. The second-order valence-electron chi connectivity index (χ2n) is 5.38. The molecule has 2 heterocycles. The van der Waals surface area contributed by atoms with E-state index < -0.39 is 0 Å². The molecule has 1 aromatic carbocycles. The van der Waals surface area contributed by atoms with E-state index in [9.17, 15) is 4.79 Å². The fourth-order valence-corrected chi connectivity index (χ4v) is 2.53. The van der Waals surface area contributed by atoms with Crippen molar-refractivity contribution in [2.24, 2.45) is 0 Å². The van der Waals surface area contributed by atoms with Crippen LogP contribution in [0.2, 0.25) is 0 Å². The SMILES string of the molecule is CC(=O)N[C@H](C)c1ccc(-n2ccnc2-c2cccnc2)cc1. The molecule has 0 aliphatic rings. The topological polar surface area (TPSA) is 59.8 Å². The highest BCUT2D eigenvalue weighted by Gasteiger charge is 2.10. The van der Waals surface area contributed by atoms with E-state index in [2.05, 4.69) is 15.3 Å². The van der Waals surface area contributed by atoms with E-state index in [4.69, 9.17) is 0 Å². The van der Waals surface area contributed by atoms with Crippen LogP contribution in [0, 0.1) is 0 Å². The van der Waals surface area contributed by atoms with Crippen molar-refractivity contribution in [2.45, 2.75) is 19.9 Å². The van der Waals surface area contributed by atoms with Crippen LogP contribution in [0.1, 0.15) is 25.5 Å². The van der Waals surface area contributed by atoms with Gasteiger partial charge in [0, 0.05) is 43.0 Å². The third-order valence-electron chi connectivity index (χ3n) is 3.65. The molecule has 0 unspecified atom stereocenters. The van der Waals surface area contributed by atoms with Crippen molar-refractivity contribution in [2.75, 3.05) is 0 Å². The summed E-state index contributed by atoms with van der Waals surface area (Å²) < 4.78 is 2.02. The lowest BCUT2D eigenvalue weighted by molar-refractivity contribution is -0.119. The molecule has 0 aliphatic heterocycles. The van der Waals surface area contributed by atoms with Gasteiger partial charge in [0.1, 0.15) is 5.82 Å². The van der Waals surface area contributed by atoms with Crippen LogP contribution in [0.5, 0.6) is 0 Å². The maximum atomic E-state index is 11.2. The number of nitrogens with zero attached hydrogens (tertiary/aromatic N) is 3. The van der Waals surface area contributed by atoms with Gasteiger partial charge < -0.3 is 5.32 Å². The normalized spacial score (nSPS) is 11.9. The standard InChI is InChI=1S/C18H18N4O/c1-13(21-14(2)23)15-5-7-17(8-6-15)22-11-10-20-18(22)16-4-3-9-19-12-16/h3-13H,1-2H3,(H,21,23)/t13-/m1/s1. The molecule has 0 aliphatic carbocycles. The van der Waals surface area contributed by atoms with Crippen LogP contribution in [-0.2, 0) is 4.79 Å². The van der Waals surface area contributed by atoms with Crippen molar-refractivity contribution in [3.63, 3.8) is 0 Å². The Bertz CT molecular complexity index is 793. The minimum atomic E-state index is -0.0324. The summed E-state index contributed by atoms with van der Waals surface area (Å²) >= 11 is 0. The first-order valence-corrected chi connectivity index (χ1v) is 7.46. The lowest BCUT2D eigenvalue weighted by atomic mass is 10.1. The Morgan fingerprint density at radius 2 is 1.96 bits per heavy atom. The van der Waals surface area contributed by atoms with Crippen molar-refractivity contribution in [1.29, 1.82) is 0 Å². The number of imidazole rings is 1. The number of benzene rings is 1. The van der Waals surface area contributed by atoms with Gasteiger partial charge in [0.2, 0.25) is 5.91 Å². The quantitative estimate of drug-likeness (QED) is 0.805. The van der Waals surface area contributed by atoms with E-state index in [0.29, 0.717) is 0 Å². The van der Waals surface area contributed by atoms with Gasteiger partial charge in [-0.1, -0.05) is 12.1 Å². The molecule has 0 spiro atoms. The van der Waals surface area contributed by atoms with Crippen molar-refractivity contribution in [1.82, 2.24) is 19.9 Å². The van der Waals surface area contributed by atoms with E-state index in [1.165, 1.54) is 6.92 Å². The number of rotatable bonds is 4. The highest BCUT2D eigenvalue weighted by Crippen LogP contribution is 2.22. The van der Waals surface area contributed by atoms with Gasteiger partial charge in [0.15, 0.2) is 0 Å². The molecule has 3 rings (SSSR count). The largest absolute Gasteiger partial charge is 0.350 e. The van der Waals surface area contributed by atoms with Gasteiger partial charge in [-0.3, -0.25) is 14.3 Å². The zero-order valence-corrected chi connectivity index (χ0v) is 13.1. The Balaban J connectivity index is 1.89. The minimum absolute atomic E-state index is 0.0119. The van der Waals surface area contributed by atoms with Gasteiger partial charge in [0.05, 0.1) is 6.04 Å². The Labute approximate surface area is 135 Å². The number of pyridine rings is 1. The number of aromatic nitrogens is 3. The molecular weight excluding hydrogens is 288 g/mol. The summed E-state index contributed by atoms with van der Waals surface area (Å²) in [7, 11) is 0. The zero-order chi connectivity index (χ0) is 16.2. The average molecular weight is 306 g/mol. The second-order valence-corrected chi connectivity index (χ2v) is 5.38. The van der Waals surface area contributed by atoms with Crippen LogP contribution in [-0.4, -0.2) is 20.4 Å². The summed E-state index contributed by atoms with van der Waals surface area (Å²) in [4.78, 5) is 19.7. The first-order chi connectivity index (χ1) is 11.1. The number of nitrogens with one attached hydrogen (secondary N) is 1. The highest BCUT2D eigenvalue weighted by atomic mass is 16.1. The van der Waals surface area contributed by atoms with Gasteiger partial charge in [-0.2, -0.15) is 0 Å². The molecule has 5 heteroatoms. The van der Waals surface area contributed by atoms with Crippen molar-refractivity contribution < 1.29 is 4.79 Å². The first-order valence-electron chi connectivity index (χ1n) is 7.46. The number of hydrogen-bond donors (Lipinski definition) is 1. The summed E-state index contributed by atoms with van der Waals surface area (Å²) in [5.74, 6) is 0.816. The van der Waals surface area contributed by atoms with E-state index in [1.54, 1.807) is 18.6 Å². The van der Waals surface area contributed by atoms with Crippen LogP contribution in [0.15, 0.2) is 61.2 Å². The molecule has 1 atom stereocenters. The predicted molar refractivity (Wildman–Crippen MR) is 89.0 cm³/mol. The monoisotopic (exact) mass is 306 g/mol. The van der Waals surface area contributed by atoms with Crippen LogP contribution < -0.4 is 5.32 Å². The van der Waals surface area contributed by atoms with Crippen LogP contribution in [0.4, 0.5) is 0 Å². The minimum Gasteiger partial charge on any atom is -0.350 e. The van der Waals surface area contributed by atoms with E-state index in [0.717, 1.165) is 22.6 Å². The van der Waals surface area contributed by atoms with Crippen LogP contribution >= 0.6 is 0 Å². The first kappa shape index (κ1) is 15.0. The molecule has 5 nitrogen and oxygen atoms in total. The summed E-state index contributed by atoms with van der Waals surface area (Å²) in [5, 5.41) is 2.88. The van der Waals surface area contributed by atoms with Gasteiger partial charge in [-0.15, -0.1) is 0 Å². The molecule has 0 saturated carbocycles. The fraction of sp³-hybridized carbons (Fsp3) is 0.167. The Kier molecular flexibility index (Phi) is 4.19. The maximum Gasteiger partial charge on any atom is 0.217 e. The third-order valence-corrected chi connectivity index (χ3v) is 3.65. The van der Waals surface area contributed by atoms with Gasteiger partial charge in [0.25, 0.3) is 0 Å². The molecule has 1 N–H and O–H groups in total. The molecule has 1 amide bonds. The summed E-state index contributed by atoms with van der Waals surface area (Å²) in [6, 6.07) is 11.9. The number of hydrogen-bond acceptors (Lipinski definition) is 3. The van der Waals surface area contributed by atoms with E-state index >= 15 is 0 Å². The summed E-state index contributed by atoms with van der Waals surface area (Å²) in [5.41, 5.74) is 3.04. The molecule has 0 saturated heterocycles. The van der Waals surface area contributed by atoms with Crippen molar-refractivity contribution >= 4 is 5.91 Å². The molecule has 23 heavy (non-hydrogen) atoms. The number of carbonyl (C=O) groups is 1. The number of amides is 1. The molecule has 0 fully saturated rings. The maximum absolute atomic E-state index is 11.2. The van der Waals surface area contributed by atoms with Crippen molar-refractivity contribution in [3.8, 4) is 17.1 Å². The molecule has 3 aromatic rings. The molecule has 2 aromatic heterocycles. The van der Waals surface area contributed by atoms with Gasteiger partial charge in [-0.25, -0.2) is 4.98 Å². The highest BCUT2D eigenvalue weighted by molar-refractivity contribution is 5.73. The third kappa shape index (κ3) is 3.29. The Morgan fingerprint density at radius 1 is 1.17 bits per heavy atom. The zero-order valence-electron chi connectivity index (χ0n) is 13.1. The predicted octanol–water partition coefficient (Wildman–Crippen LogP) is 3.13. The van der Waals surface area contributed by atoms with Crippen molar-refractivity contribution in [3.05, 3.63) is 66.7 Å². The molecule has 116 valence electrons. The fourth-order valence-electron chi connectivity index (χ4n) is 2.53. The van der Waals surface area contributed by atoms with Gasteiger partial charge in [-0.05, 0) is 36.8 Å². The van der Waals surface area contributed by atoms with Gasteiger partial charge >= 0.3 is 0 Å². The van der Waals surface area contributed by atoms with E-state index in [1.807, 2.05) is 54.1 Å². The van der Waals surface area contributed by atoms with Crippen LogP contribution in [0.3, 0.4) is 0 Å². The second kappa shape index (κ2) is 6.44. The molecular formula is C18H18N4O. The summed E-state index contributed by atoms with van der Waals surface area (Å²) in [6.07, 6.45) is 7.24. The van der Waals surface area contributed by atoms with E-state index in [-0.39, 0.29) is 11.9 Å². The lowest BCUT2D eigenvalue weighted by Crippen LogP contribution is -2.23. The van der Waals surface area contributed by atoms with Crippen LogP contribution in [0.25, 0.3) is 17.1 Å². The lowest BCUT2D eigenvalue weighted by Gasteiger charge is -2.14. The Hall–Kier alpha value is -2.95. The molecule has 0 radical (unpaired) electrons.